The molecule has 0 heterocycles. The lowest BCUT2D eigenvalue weighted by atomic mass is 10.1. The Morgan fingerprint density at radius 3 is 1.60 bits per heavy atom. The minimum atomic E-state index is -0.464. The average Bonchev–Trinajstić information content (AvgIpc) is 2.88. The zero-order valence-electron chi connectivity index (χ0n) is 19.5. The number of nitro benzene ring substituents is 1. The smallest absolute Gasteiger partial charge is 0.311 e. The summed E-state index contributed by atoms with van der Waals surface area (Å²) in [5.41, 5.74) is 2.39. The zero-order chi connectivity index (χ0) is 24.9. The normalized spacial score (nSPS) is 11.2. The molecule has 0 radical (unpaired) electrons. The van der Waals surface area contributed by atoms with Gasteiger partial charge in [0, 0.05) is 18.6 Å². The fourth-order valence-corrected chi connectivity index (χ4v) is 3.09. The van der Waals surface area contributed by atoms with Crippen LogP contribution in [0.2, 0.25) is 0 Å². The first-order chi connectivity index (χ1) is 17.0. The van der Waals surface area contributed by atoms with E-state index in [0.717, 1.165) is 19.3 Å². The van der Waals surface area contributed by atoms with Crippen molar-refractivity contribution in [1.82, 2.24) is 0 Å². The molecule has 0 saturated heterocycles. The van der Waals surface area contributed by atoms with Crippen LogP contribution >= 0.6 is 0 Å². The second kappa shape index (κ2) is 13.4. The largest absolute Gasteiger partial charge is 0.427 e. The van der Waals surface area contributed by atoms with Crippen molar-refractivity contribution in [3.05, 3.63) is 82.9 Å². The van der Waals surface area contributed by atoms with Crippen LogP contribution in [-0.4, -0.2) is 10.9 Å². The third-order valence-corrected chi connectivity index (χ3v) is 5.02. The van der Waals surface area contributed by atoms with Gasteiger partial charge in [-0.2, -0.15) is 20.5 Å². The molecule has 0 bridgehead atoms. The summed E-state index contributed by atoms with van der Waals surface area (Å²) < 4.78 is 5.36. The van der Waals surface area contributed by atoms with E-state index in [1.807, 2.05) is 0 Å². The maximum absolute atomic E-state index is 11.9. The number of esters is 1. The molecule has 0 amide bonds. The number of hydrogen-bond donors (Lipinski definition) is 0. The molecule has 3 rings (SSSR count). The average molecular weight is 474 g/mol. The molecule has 35 heavy (non-hydrogen) atoms. The molecule has 0 spiro atoms. The van der Waals surface area contributed by atoms with E-state index in [9.17, 15) is 14.9 Å². The molecule has 0 atom stereocenters. The van der Waals surface area contributed by atoms with Crippen LogP contribution in [0.5, 0.6) is 5.75 Å². The number of non-ortho nitro benzene ring substituents is 1. The highest BCUT2D eigenvalue weighted by molar-refractivity contribution is 5.72. The van der Waals surface area contributed by atoms with E-state index in [1.165, 1.54) is 37.1 Å². The molecular weight excluding hydrogens is 446 g/mol. The Hall–Kier alpha value is -4.27. The highest BCUT2D eigenvalue weighted by Crippen LogP contribution is 2.25. The van der Waals surface area contributed by atoms with E-state index in [0.29, 0.717) is 34.9 Å². The fourth-order valence-electron chi connectivity index (χ4n) is 3.09. The third-order valence-electron chi connectivity index (χ3n) is 5.02. The predicted octanol–water partition coefficient (Wildman–Crippen LogP) is 8.69. The first kappa shape index (κ1) is 25.4. The SMILES string of the molecule is CCCCCCCC(=O)Oc1ccc(N=Nc2ccc(N=Nc3ccc([N+](=O)[O-])cc3)cc2)cc1. The van der Waals surface area contributed by atoms with Gasteiger partial charge in [-0.05, 0) is 67.1 Å². The predicted molar refractivity (Wildman–Crippen MR) is 133 cm³/mol. The summed E-state index contributed by atoms with van der Waals surface area (Å²) in [4.78, 5) is 22.2. The topological polar surface area (TPSA) is 119 Å². The Morgan fingerprint density at radius 1 is 0.714 bits per heavy atom. The van der Waals surface area contributed by atoms with Crippen molar-refractivity contribution in [3.63, 3.8) is 0 Å². The van der Waals surface area contributed by atoms with Gasteiger partial charge in [0.15, 0.2) is 0 Å². The molecule has 0 aliphatic carbocycles. The van der Waals surface area contributed by atoms with Crippen LogP contribution in [-0.2, 0) is 4.79 Å². The molecule has 180 valence electrons. The number of carbonyl (C=O) groups is 1. The summed E-state index contributed by atoms with van der Waals surface area (Å²) in [5, 5.41) is 27.3. The van der Waals surface area contributed by atoms with Gasteiger partial charge < -0.3 is 4.74 Å². The van der Waals surface area contributed by atoms with E-state index < -0.39 is 4.92 Å². The lowest BCUT2D eigenvalue weighted by molar-refractivity contribution is -0.384. The minimum Gasteiger partial charge on any atom is -0.427 e. The van der Waals surface area contributed by atoms with Crippen molar-refractivity contribution in [2.24, 2.45) is 20.5 Å². The summed E-state index contributed by atoms with van der Waals surface area (Å²) in [6.07, 6.45) is 5.85. The first-order valence-electron chi connectivity index (χ1n) is 11.5. The van der Waals surface area contributed by atoms with Crippen molar-refractivity contribution in [3.8, 4) is 5.75 Å². The Kier molecular flexibility index (Phi) is 9.74. The van der Waals surface area contributed by atoms with Gasteiger partial charge in [0.2, 0.25) is 0 Å². The number of unbranched alkanes of at least 4 members (excludes halogenated alkanes) is 4. The van der Waals surface area contributed by atoms with Gasteiger partial charge in [-0.3, -0.25) is 14.9 Å². The van der Waals surface area contributed by atoms with Crippen LogP contribution in [0.3, 0.4) is 0 Å². The molecule has 0 aliphatic rings. The summed E-state index contributed by atoms with van der Waals surface area (Å²) in [5.74, 6) is 0.270. The second-order valence-electron chi connectivity index (χ2n) is 7.82. The van der Waals surface area contributed by atoms with Crippen molar-refractivity contribution >= 4 is 34.4 Å². The molecule has 0 saturated carbocycles. The highest BCUT2D eigenvalue weighted by atomic mass is 16.6. The fraction of sp³-hybridized carbons (Fsp3) is 0.269. The summed E-state index contributed by atoms with van der Waals surface area (Å²) in [6, 6.07) is 19.7. The first-order valence-corrected chi connectivity index (χ1v) is 11.5. The summed E-state index contributed by atoms with van der Waals surface area (Å²) >= 11 is 0. The number of rotatable bonds is 12. The van der Waals surface area contributed by atoms with Crippen LogP contribution in [0.25, 0.3) is 0 Å². The molecule has 9 nitrogen and oxygen atoms in total. The maximum atomic E-state index is 11.9. The van der Waals surface area contributed by atoms with Crippen LogP contribution < -0.4 is 4.74 Å². The van der Waals surface area contributed by atoms with Crippen molar-refractivity contribution in [1.29, 1.82) is 0 Å². The van der Waals surface area contributed by atoms with Crippen LogP contribution in [0.1, 0.15) is 45.4 Å². The number of nitrogens with zero attached hydrogens (tertiary/aromatic N) is 5. The van der Waals surface area contributed by atoms with Crippen LogP contribution in [0, 0.1) is 10.1 Å². The standard InChI is InChI=1S/C26H27N5O4/c1-2-3-4-5-6-7-26(32)35-25-18-14-23(15-19-25)30-28-21-10-8-20(9-11-21)27-29-22-12-16-24(17-13-22)31(33)34/h8-19H,2-7H2,1H3. The molecule has 0 fully saturated rings. The highest BCUT2D eigenvalue weighted by Gasteiger charge is 2.05. The van der Waals surface area contributed by atoms with Gasteiger partial charge in [-0.1, -0.05) is 32.6 Å². The molecule has 0 aromatic heterocycles. The van der Waals surface area contributed by atoms with Gasteiger partial charge >= 0.3 is 5.97 Å². The van der Waals surface area contributed by atoms with Crippen LogP contribution in [0.4, 0.5) is 28.4 Å². The lowest BCUT2D eigenvalue weighted by Gasteiger charge is -2.04. The molecule has 9 heteroatoms. The van der Waals surface area contributed by atoms with Gasteiger partial charge in [0.1, 0.15) is 5.75 Å². The third kappa shape index (κ3) is 8.88. The zero-order valence-corrected chi connectivity index (χ0v) is 19.5. The Bertz CT molecular complexity index is 1160. The van der Waals surface area contributed by atoms with Crippen LogP contribution in [0.15, 0.2) is 93.3 Å². The number of benzene rings is 3. The lowest BCUT2D eigenvalue weighted by Crippen LogP contribution is -2.07. The number of carbonyl (C=O) groups excluding carboxylic acids is 1. The number of azo groups is 2. The Labute approximate surface area is 203 Å². The summed E-state index contributed by atoms with van der Waals surface area (Å²) in [6.45, 7) is 2.16. The number of nitro groups is 1. The van der Waals surface area contributed by atoms with Gasteiger partial charge in [-0.15, -0.1) is 0 Å². The van der Waals surface area contributed by atoms with Crippen molar-refractivity contribution in [2.45, 2.75) is 45.4 Å². The Morgan fingerprint density at radius 2 is 1.14 bits per heavy atom. The quantitative estimate of drug-likeness (QED) is 0.0652. The molecule has 0 unspecified atom stereocenters. The number of ether oxygens (including phenoxy) is 1. The molecule has 3 aromatic carbocycles. The van der Waals surface area contributed by atoms with E-state index in [2.05, 4.69) is 27.4 Å². The Balaban J connectivity index is 1.48. The van der Waals surface area contributed by atoms with Crippen molar-refractivity contribution < 1.29 is 14.5 Å². The summed E-state index contributed by atoms with van der Waals surface area (Å²) in [7, 11) is 0. The van der Waals surface area contributed by atoms with E-state index in [-0.39, 0.29) is 11.7 Å². The molecule has 0 aliphatic heterocycles. The molecular formula is C26H27N5O4. The number of hydrogen-bond acceptors (Lipinski definition) is 8. The van der Waals surface area contributed by atoms with Gasteiger partial charge in [0.05, 0.1) is 27.7 Å². The van der Waals surface area contributed by atoms with E-state index in [4.69, 9.17) is 4.74 Å². The van der Waals surface area contributed by atoms with Gasteiger partial charge in [-0.25, -0.2) is 0 Å². The monoisotopic (exact) mass is 473 g/mol. The maximum Gasteiger partial charge on any atom is 0.311 e. The van der Waals surface area contributed by atoms with Gasteiger partial charge in [0.25, 0.3) is 5.69 Å². The van der Waals surface area contributed by atoms with E-state index >= 15 is 0 Å². The van der Waals surface area contributed by atoms with Crippen molar-refractivity contribution in [2.75, 3.05) is 0 Å². The molecule has 3 aromatic rings. The molecule has 0 N–H and O–H groups in total. The second-order valence-corrected chi connectivity index (χ2v) is 7.82. The van der Waals surface area contributed by atoms with E-state index in [1.54, 1.807) is 48.5 Å². The minimum absolute atomic E-state index is 0.00230.